The van der Waals surface area contributed by atoms with Gasteiger partial charge in [-0.2, -0.15) is 5.10 Å². The number of hydrogen-bond donors (Lipinski definition) is 4. The average molecular weight is 225 g/mol. The third-order valence-electron chi connectivity index (χ3n) is 1.81. The molecule has 0 aliphatic rings. The summed E-state index contributed by atoms with van der Waals surface area (Å²) in [5.74, 6) is 0. The molecular weight excluding hydrogens is 214 g/mol. The molecule has 0 amide bonds. The van der Waals surface area contributed by atoms with E-state index in [1.54, 1.807) is 17.9 Å². The van der Waals surface area contributed by atoms with Crippen molar-refractivity contribution in [1.29, 1.82) is 0 Å². The quantitative estimate of drug-likeness (QED) is 0.583. The maximum atomic E-state index is 9.63. The van der Waals surface area contributed by atoms with E-state index in [4.69, 9.17) is 0 Å². The lowest BCUT2D eigenvalue weighted by Gasteiger charge is -2.14. The highest BCUT2D eigenvalue weighted by Gasteiger charge is 2.07. The van der Waals surface area contributed by atoms with Crippen LogP contribution in [-0.2, 0) is 0 Å². The Hall–Kier alpha value is -1.60. The van der Waals surface area contributed by atoms with Crippen LogP contribution in [0.2, 0.25) is 0 Å². The standard InChI is InChI=1S/C8H11N5OS/c1-5-7(15-4-9-5)13-8(14)12-6-2-10-11-3-6/h2-4,8,12-14H,1H3,(H,10,11). The summed E-state index contributed by atoms with van der Waals surface area (Å²) in [6, 6.07) is 0. The van der Waals surface area contributed by atoms with Gasteiger partial charge < -0.3 is 15.7 Å². The van der Waals surface area contributed by atoms with Crippen molar-refractivity contribution in [2.24, 2.45) is 0 Å². The monoisotopic (exact) mass is 225 g/mol. The number of nitrogens with zero attached hydrogens (tertiary/aromatic N) is 2. The maximum Gasteiger partial charge on any atom is 0.203 e. The average Bonchev–Trinajstić information content (AvgIpc) is 2.79. The van der Waals surface area contributed by atoms with Gasteiger partial charge in [0.25, 0.3) is 0 Å². The van der Waals surface area contributed by atoms with Gasteiger partial charge in [0.05, 0.1) is 23.1 Å². The molecule has 0 radical (unpaired) electrons. The second-order valence-corrected chi connectivity index (χ2v) is 3.80. The first-order valence-corrected chi connectivity index (χ1v) is 5.23. The highest BCUT2D eigenvalue weighted by atomic mass is 32.1. The summed E-state index contributed by atoms with van der Waals surface area (Å²) in [4.78, 5) is 4.07. The molecule has 4 N–H and O–H groups in total. The molecule has 0 aliphatic heterocycles. The first kappa shape index (κ1) is 9.94. The smallest absolute Gasteiger partial charge is 0.203 e. The number of hydrogen-bond acceptors (Lipinski definition) is 6. The van der Waals surface area contributed by atoms with Gasteiger partial charge in [0.15, 0.2) is 0 Å². The fourth-order valence-corrected chi connectivity index (χ4v) is 1.81. The number of aromatic amines is 1. The highest BCUT2D eigenvalue weighted by Crippen LogP contribution is 2.19. The molecule has 2 rings (SSSR count). The Bertz CT molecular complexity index is 412. The fourth-order valence-electron chi connectivity index (χ4n) is 1.09. The van der Waals surface area contributed by atoms with E-state index in [9.17, 15) is 5.11 Å². The van der Waals surface area contributed by atoms with Crippen LogP contribution >= 0.6 is 11.3 Å². The Morgan fingerprint density at radius 2 is 2.40 bits per heavy atom. The second kappa shape index (κ2) is 4.28. The Kier molecular flexibility index (Phi) is 2.84. The van der Waals surface area contributed by atoms with Gasteiger partial charge in [-0.05, 0) is 6.92 Å². The van der Waals surface area contributed by atoms with E-state index in [0.29, 0.717) is 0 Å². The molecule has 80 valence electrons. The molecule has 15 heavy (non-hydrogen) atoms. The van der Waals surface area contributed by atoms with Crippen molar-refractivity contribution < 1.29 is 5.11 Å². The zero-order valence-electron chi connectivity index (χ0n) is 8.06. The third kappa shape index (κ3) is 2.45. The first-order valence-electron chi connectivity index (χ1n) is 4.36. The van der Waals surface area contributed by atoms with Crippen LogP contribution in [-0.4, -0.2) is 26.6 Å². The van der Waals surface area contributed by atoms with E-state index in [0.717, 1.165) is 16.4 Å². The lowest BCUT2D eigenvalue weighted by molar-refractivity contribution is 0.233. The number of H-pyrrole nitrogens is 1. The van der Waals surface area contributed by atoms with Gasteiger partial charge in [0, 0.05) is 6.20 Å². The van der Waals surface area contributed by atoms with Crippen molar-refractivity contribution in [1.82, 2.24) is 15.2 Å². The predicted molar refractivity (Wildman–Crippen MR) is 58.7 cm³/mol. The van der Waals surface area contributed by atoms with Gasteiger partial charge in [0.1, 0.15) is 5.00 Å². The Morgan fingerprint density at radius 3 is 3.00 bits per heavy atom. The highest BCUT2D eigenvalue weighted by molar-refractivity contribution is 7.14. The molecule has 1 unspecified atom stereocenters. The van der Waals surface area contributed by atoms with E-state index in [1.807, 2.05) is 6.92 Å². The summed E-state index contributed by atoms with van der Waals surface area (Å²) >= 11 is 1.44. The van der Waals surface area contributed by atoms with E-state index < -0.39 is 6.35 Å². The third-order valence-corrected chi connectivity index (χ3v) is 2.67. The zero-order valence-corrected chi connectivity index (χ0v) is 8.88. The summed E-state index contributed by atoms with van der Waals surface area (Å²) in [5.41, 5.74) is 3.31. The number of aryl methyl sites for hydroxylation is 1. The molecule has 6 nitrogen and oxygen atoms in total. The van der Waals surface area contributed by atoms with E-state index >= 15 is 0 Å². The Balaban J connectivity index is 1.93. The molecule has 0 saturated heterocycles. The number of aliphatic hydroxyl groups is 1. The molecule has 0 spiro atoms. The van der Waals surface area contributed by atoms with E-state index in [1.165, 1.54) is 11.3 Å². The van der Waals surface area contributed by atoms with Crippen molar-refractivity contribution in [2.75, 3.05) is 10.6 Å². The molecule has 0 bridgehead atoms. The molecule has 2 aromatic heterocycles. The molecular formula is C8H11N5OS. The fraction of sp³-hybridized carbons (Fsp3) is 0.250. The molecule has 1 atom stereocenters. The number of nitrogens with one attached hydrogen (secondary N) is 3. The Labute approximate surface area is 90.4 Å². The molecule has 0 saturated carbocycles. The van der Waals surface area contributed by atoms with Crippen LogP contribution in [0.15, 0.2) is 17.9 Å². The van der Waals surface area contributed by atoms with Crippen molar-refractivity contribution >= 4 is 22.0 Å². The van der Waals surface area contributed by atoms with E-state index in [2.05, 4.69) is 25.8 Å². The summed E-state index contributed by atoms with van der Waals surface area (Å²) in [6.07, 6.45) is 2.39. The van der Waals surface area contributed by atoms with Crippen molar-refractivity contribution in [2.45, 2.75) is 13.3 Å². The molecule has 0 aromatic carbocycles. The Morgan fingerprint density at radius 1 is 1.53 bits per heavy atom. The zero-order chi connectivity index (χ0) is 10.7. The van der Waals surface area contributed by atoms with Crippen molar-refractivity contribution in [3.05, 3.63) is 23.6 Å². The molecule has 0 aliphatic carbocycles. The van der Waals surface area contributed by atoms with Crippen LogP contribution < -0.4 is 10.6 Å². The number of rotatable bonds is 4. The van der Waals surface area contributed by atoms with Gasteiger partial charge in [-0.3, -0.25) is 5.10 Å². The lowest BCUT2D eigenvalue weighted by Crippen LogP contribution is -2.27. The number of anilines is 2. The minimum Gasteiger partial charge on any atom is -0.357 e. The van der Waals surface area contributed by atoms with Gasteiger partial charge in [0.2, 0.25) is 6.35 Å². The SMILES string of the molecule is Cc1ncsc1NC(O)Nc1cn[nH]c1. The van der Waals surface area contributed by atoms with Crippen molar-refractivity contribution in [3.63, 3.8) is 0 Å². The maximum absolute atomic E-state index is 9.63. The van der Waals surface area contributed by atoms with Crippen LogP contribution in [0, 0.1) is 6.92 Å². The van der Waals surface area contributed by atoms with Gasteiger partial charge in [-0.25, -0.2) is 4.98 Å². The summed E-state index contributed by atoms with van der Waals surface area (Å²) in [6.45, 7) is 1.88. The van der Waals surface area contributed by atoms with E-state index in [-0.39, 0.29) is 0 Å². The molecule has 2 heterocycles. The molecule has 2 aromatic rings. The van der Waals surface area contributed by atoms with Crippen molar-refractivity contribution in [3.8, 4) is 0 Å². The normalized spacial score (nSPS) is 12.4. The van der Waals surface area contributed by atoms with Gasteiger partial charge in [-0.1, -0.05) is 0 Å². The minimum atomic E-state index is -0.859. The van der Waals surface area contributed by atoms with Crippen LogP contribution in [0.4, 0.5) is 10.7 Å². The van der Waals surface area contributed by atoms with Gasteiger partial charge in [-0.15, -0.1) is 11.3 Å². The number of aromatic nitrogens is 3. The number of aliphatic hydroxyl groups excluding tert-OH is 1. The van der Waals surface area contributed by atoms with Gasteiger partial charge >= 0.3 is 0 Å². The second-order valence-electron chi connectivity index (χ2n) is 2.95. The lowest BCUT2D eigenvalue weighted by atomic mass is 10.5. The molecule has 0 fully saturated rings. The van der Waals surface area contributed by atoms with Crippen LogP contribution in [0.1, 0.15) is 5.69 Å². The summed E-state index contributed by atoms with van der Waals surface area (Å²) < 4.78 is 0. The summed E-state index contributed by atoms with van der Waals surface area (Å²) in [5, 5.41) is 22.6. The topological polar surface area (TPSA) is 85.9 Å². The molecule has 7 heteroatoms. The largest absolute Gasteiger partial charge is 0.357 e. The number of thiazole rings is 1. The predicted octanol–water partition coefficient (Wildman–Crippen LogP) is 0.975. The van der Waals surface area contributed by atoms with Crippen LogP contribution in [0.3, 0.4) is 0 Å². The minimum absolute atomic E-state index is 0.720. The first-order chi connectivity index (χ1) is 7.25. The van der Waals surface area contributed by atoms with Crippen LogP contribution in [0.25, 0.3) is 0 Å². The summed E-state index contributed by atoms with van der Waals surface area (Å²) in [7, 11) is 0. The van der Waals surface area contributed by atoms with Crippen LogP contribution in [0.5, 0.6) is 0 Å².